The van der Waals surface area contributed by atoms with Crippen molar-refractivity contribution in [1.29, 1.82) is 0 Å². The van der Waals surface area contributed by atoms with Crippen molar-refractivity contribution in [3.05, 3.63) is 48.6 Å². The molecule has 0 bridgehead atoms. The summed E-state index contributed by atoms with van der Waals surface area (Å²) in [7, 11) is 6.33. The van der Waals surface area contributed by atoms with E-state index in [0.717, 1.165) is 0 Å². The lowest BCUT2D eigenvalue weighted by Gasteiger charge is -2.18. The summed E-state index contributed by atoms with van der Waals surface area (Å²) in [6.07, 6.45) is 11.2. The van der Waals surface area contributed by atoms with E-state index in [0.29, 0.717) is 6.17 Å². The summed E-state index contributed by atoms with van der Waals surface area (Å²) >= 11 is 0. The van der Waals surface area contributed by atoms with Crippen LogP contribution in [0.1, 0.15) is 5.69 Å². The maximum atomic E-state index is 2.24. The average Bonchev–Trinajstić information content (AvgIpc) is 2.58. The molecule has 0 amide bonds. The molecule has 1 aromatic rings. The maximum absolute atomic E-state index is 2.24. The lowest BCUT2D eigenvalue weighted by molar-refractivity contribution is -0.848. The molecule has 1 aromatic heterocycles. The van der Waals surface area contributed by atoms with E-state index >= 15 is 0 Å². The molecule has 1 N–H and O–H groups in total. The lowest BCUT2D eigenvalue weighted by Crippen LogP contribution is -3.08. The van der Waals surface area contributed by atoms with Gasteiger partial charge < -0.3 is 52.9 Å². The van der Waals surface area contributed by atoms with Crippen molar-refractivity contribution < 1.29 is 57.4 Å². The van der Waals surface area contributed by atoms with Crippen molar-refractivity contribution in [2.45, 2.75) is 6.17 Å². The molecule has 2 atom stereocenters. The highest BCUT2D eigenvalue weighted by molar-refractivity contribution is 5.41. The number of quaternary nitrogens is 1. The van der Waals surface area contributed by atoms with Gasteiger partial charge >= 0.3 is 0 Å². The van der Waals surface area contributed by atoms with E-state index in [4.69, 9.17) is 0 Å². The molecule has 2 heterocycles. The molecule has 0 aliphatic carbocycles. The number of nitrogens with zero attached hydrogens (tertiary/aromatic N) is 2. The topological polar surface area (TPSA) is 11.6 Å². The summed E-state index contributed by atoms with van der Waals surface area (Å²) < 4.78 is 2.12. The third kappa shape index (κ3) is 4.20. The van der Waals surface area contributed by atoms with E-state index < -0.39 is 0 Å². The minimum atomic E-state index is 0. The van der Waals surface area contributed by atoms with Gasteiger partial charge in [0.2, 0.25) is 5.69 Å². The second kappa shape index (κ2) is 8.11. The molecule has 2 unspecified atom stereocenters. The van der Waals surface area contributed by atoms with Crippen LogP contribution in [0.5, 0.6) is 0 Å². The first kappa shape index (κ1) is 17.8. The Hall–Kier alpha value is -0.150. The normalized spacial score (nSPS) is 21.8. The van der Waals surface area contributed by atoms with Gasteiger partial charge in [0, 0.05) is 31.3 Å². The third-order valence-electron chi connectivity index (χ3n) is 3.02. The average molecular weight is 471 g/mol. The highest BCUT2D eigenvalue weighted by Crippen LogP contribution is 2.00. The standard InChI is InChI=1S/C13H18N3.2HI/c1-14-9-5-4-6-12(14)7-8-13-15(2)10-11-16(13)3;;/h4-11,13H,1-3H3;2*1H/q+1;;/p-1. The number of nitrogens with one attached hydrogen (secondary N) is 1. The molecule has 0 spiro atoms. The first-order chi connectivity index (χ1) is 7.68. The van der Waals surface area contributed by atoms with Crippen LogP contribution in [0, 0.1) is 0 Å². The largest absolute Gasteiger partial charge is 1.00 e. The number of aromatic nitrogens is 1. The van der Waals surface area contributed by atoms with Crippen LogP contribution in [-0.2, 0) is 7.05 Å². The van der Waals surface area contributed by atoms with Crippen molar-refractivity contribution in [2.75, 3.05) is 14.1 Å². The van der Waals surface area contributed by atoms with Crippen molar-refractivity contribution in [1.82, 2.24) is 4.90 Å². The van der Waals surface area contributed by atoms with E-state index in [1.54, 1.807) is 0 Å². The van der Waals surface area contributed by atoms with Gasteiger partial charge in [0.1, 0.15) is 13.2 Å². The number of aryl methyl sites for hydroxylation is 1. The van der Waals surface area contributed by atoms with Crippen LogP contribution in [0.3, 0.4) is 0 Å². The van der Waals surface area contributed by atoms with E-state index in [1.807, 2.05) is 6.07 Å². The summed E-state index contributed by atoms with van der Waals surface area (Å²) in [5, 5.41) is 0. The van der Waals surface area contributed by atoms with Crippen LogP contribution in [0.15, 0.2) is 42.9 Å². The Morgan fingerprint density at radius 2 is 2.06 bits per heavy atom. The van der Waals surface area contributed by atoms with Crippen LogP contribution in [-0.4, -0.2) is 25.2 Å². The monoisotopic (exact) mass is 471 g/mol. The van der Waals surface area contributed by atoms with Crippen LogP contribution < -0.4 is 57.4 Å². The minimum absolute atomic E-state index is 0. The molecule has 0 saturated heterocycles. The Kier molecular flexibility index (Phi) is 8.04. The zero-order chi connectivity index (χ0) is 11.5. The second-order valence-corrected chi connectivity index (χ2v) is 4.27. The first-order valence-corrected chi connectivity index (χ1v) is 5.55. The van der Waals surface area contributed by atoms with Crippen LogP contribution >= 0.6 is 0 Å². The highest BCUT2D eigenvalue weighted by Gasteiger charge is 2.22. The molecule has 1 aliphatic rings. The van der Waals surface area contributed by atoms with Gasteiger partial charge in [-0.3, -0.25) is 4.90 Å². The number of hydrogen-bond donors (Lipinski definition) is 1. The molecule has 0 fully saturated rings. The van der Waals surface area contributed by atoms with Crippen LogP contribution in [0.25, 0.3) is 6.08 Å². The van der Waals surface area contributed by atoms with Crippen molar-refractivity contribution in [2.24, 2.45) is 7.05 Å². The van der Waals surface area contributed by atoms with E-state index in [-0.39, 0.29) is 48.0 Å². The van der Waals surface area contributed by atoms with Crippen molar-refractivity contribution >= 4 is 6.08 Å². The Labute approximate surface area is 143 Å². The Balaban J connectivity index is 0.00000144. The molecule has 3 nitrogen and oxygen atoms in total. The minimum Gasteiger partial charge on any atom is -1.00 e. The number of halogens is 2. The van der Waals surface area contributed by atoms with E-state index in [1.165, 1.54) is 10.6 Å². The molecule has 0 saturated carbocycles. The van der Waals surface area contributed by atoms with Gasteiger partial charge in [-0.1, -0.05) is 0 Å². The summed E-state index contributed by atoms with van der Waals surface area (Å²) in [6, 6.07) is 6.22. The number of hydrogen-bond acceptors (Lipinski definition) is 1. The Morgan fingerprint density at radius 3 is 2.61 bits per heavy atom. The SMILES string of the molecule is CN1C=C[NH+](C)C1C=Cc1cccc[n+]1C.[I-].[I-]. The van der Waals surface area contributed by atoms with Crippen molar-refractivity contribution in [3.8, 4) is 0 Å². The maximum Gasteiger partial charge on any atom is 0.204 e. The van der Waals surface area contributed by atoms with Gasteiger partial charge in [0.25, 0.3) is 0 Å². The fourth-order valence-electron chi connectivity index (χ4n) is 1.93. The highest BCUT2D eigenvalue weighted by atomic mass is 127. The summed E-state index contributed by atoms with van der Waals surface area (Å²) in [5.41, 5.74) is 1.22. The van der Waals surface area contributed by atoms with Crippen LogP contribution in [0.4, 0.5) is 0 Å². The van der Waals surface area contributed by atoms with Gasteiger partial charge in [-0.05, 0) is 6.07 Å². The third-order valence-corrected chi connectivity index (χ3v) is 3.02. The summed E-state index contributed by atoms with van der Waals surface area (Å²) in [5.74, 6) is 0. The van der Waals surface area contributed by atoms with Gasteiger partial charge in [-0.2, -0.15) is 0 Å². The molecule has 0 radical (unpaired) electrons. The zero-order valence-corrected chi connectivity index (χ0v) is 15.2. The van der Waals surface area contributed by atoms with Crippen molar-refractivity contribution in [3.63, 3.8) is 0 Å². The number of rotatable bonds is 2. The van der Waals surface area contributed by atoms with Gasteiger partial charge in [0.05, 0.1) is 13.2 Å². The van der Waals surface area contributed by atoms with E-state index in [9.17, 15) is 0 Å². The number of likely N-dealkylation sites (N-methyl/N-ethyl adjacent to an activating group) is 2. The molecule has 18 heavy (non-hydrogen) atoms. The van der Waals surface area contributed by atoms with Gasteiger partial charge in [0.15, 0.2) is 12.4 Å². The molecular weight excluding hydrogens is 452 g/mol. The van der Waals surface area contributed by atoms with Crippen LogP contribution in [0.2, 0.25) is 0 Å². The molecule has 5 heteroatoms. The Bertz CT molecular complexity index is 420. The van der Waals surface area contributed by atoms with Gasteiger partial charge in [-0.25, -0.2) is 4.57 Å². The smallest absolute Gasteiger partial charge is 0.204 e. The lowest BCUT2D eigenvalue weighted by atomic mass is 10.3. The molecule has 100 valence electrons. The summed E-state index contributed by atoms with van der Waals surface area (Å²) in [4.78, 5) is 3.60. The molecule has 1 aliphatic heterocycles. The molecule has 0 aromatic carbocycles. The molecule has 2 rings (SSSR count). The summed E-state index contributed by atoms with van der Waals surface area (Å²) in [6.45, 7) is 0. The predicted molar refractivity (Wildman–Crippen MR) is 64.2 cm³/mol. The molecular formula is C13H19I2N3. The second-order valence-electron chi connectivity index (χ2n) is 4.27. The zero-order valence-electron chi connectivity index (χ0n) is 10.8. The predicted octanol–water partition coefficient (Wildman–Crippen LogP) is -6.21. The fourth-order valence-corrected chi connectivity index (χ4v) is 1.93. The first-order valence-electron chi connectivity index (χ1n) is 5.55. The quantitative estimate of drug-likeness (QED) is 0.335. The van der Waals surface area contributed by atoms with E-state index in [2.05, 4.69) is 73.5 Å². The Morgan fingerprint density at radius 1 is 1.33 bits per heavy atom. The van der Waals surface area contributed by atoms with Gasteiger partial charge in [-0.15, -0.1) is 0 Å². The fraction of sp³-hybridized carbons (Fsp3) is 0.308. The number of pyridine rings is 1.